The average Bonchev–Trinajstić information content (AvgIpc) is 2.47. The Morgan fingerprint density at radius 1 is 1.16 bits per heavy atom. The molecule has 0 fully saturated rings. The summed E-state index contributed by atoms with van der Waals surface area (Å²) >= 11 is 0. The molecule has 1 heterocycles. The van der Waals surface area contributed by atoms with Crippen LogP contribution in [0.1, 0.15) is 29.8 Å². The molecule has 0 unspecified atom stereocenters. The van der Waals surface area contributed by atoms with E-state index < -0.39 is 6.10 Å². The number of methoxy groups -OCH3 is 1. The van der Waals surface area contributed by atoms with Gasteiger partial charge in [-0.2, -0.15) is 0 Å². The summed E-state index contributed by atoms with van der Waals surface area (Å²) in [6, 6.07) is 15.5. The van der Waals surface area contributed by atoms with Gasteiger partial charge in [-0.1, -0.05) is 30.3 Å². The monoisotopic (exact) mass is 256 g/mol. The van der Waals surface area contributed by atoms with Crippen molar-refractivity contribution in [2.75, 3.05) is 7.11 Å². The van der Waals surface area contributed by atoms with Crippen LogP contribution in [-0.4, -0.2) is 12.2 Å². The lowest BCUT2D eigenvalue weighted by Crippen LogP contribution is -2.19. The fourth-order valence-corrected chi connectivity index (χ4v) is 2.42. The summed E-state index contributed by atoms with van der Waals surface area (Å²) in [6.07, 6.45) is -0.0424. The van der Waals surface area contributed by atoms with E-state index in [0.717, 1.165) is 16.9 Å². The van der Waals surface area contributed by atoms with E-state index in [1.165, 1.54) is 0 Å². The average molecular weight is 256 g/mol. The highest BCUT2D eigenvalue weighted by Crippen LogP contribution is 2.42. The van der Waals surface area contributed by atoms with Crippen LogP contribution in [0.2, 0.25) is 0 Å². The van der Waals surface area contributed by atoms with Gasteiger partial charge in [0, 0.05) is 18.1 Å². The summed E-state index contributed by atoms with van der Waals surface area (Å²) in [5, 5.41) is 10.2. The molecule has 2 aromatic carbocycles. The first-order chi connectivity index (χ1) is 9.28. The summed E-state index contributed by atoms with van der Waals surface area (Å²) in [7, 11) is 1.62. The molecule has 0 aromatic heterocycles. The molecule has 0 spiro atoms. The molecule has 1 aliphatic rings. The van der Waals surface area contributed by atoms with Crippen molar-refractivity contribution >= 4 is 0 Å². The van der Waals surface area contributed by atoms with Crippen LogP contribution < -0.4 is 9.47 Å². The molecule has 0 aliphatic carbocycles. The lowest BCUT2D eigenvalue weighted by Gasteiger charge is -2.30. The van der Waals surface area contributed by atoms with E-state index in [1.807, 2.05) is 48.5 Å². The van der Waals surface area contributed by atoms with Gasteiger partial charge in [-0.05, 0) is 17.7 Å². The van der Waals surface area contributed by atoms with Gasteiger partial charge >= 0.3 is 0 Å². The molecule has 3 heteroatoms. The summed E-state index contributed by atoms with van der Waals surface area (Å²) in [5.74, 6) is 1.44. The SMILES string of the molecule is COc1ccc2c(c1)O[C@H](c1ccccc1)C[C@H]2O. The molecule has 0 saturated carbocycles. The number of benzene rings is 2. The van der Waals surface area contributed by atoms with Crippen LogP contribution in [0.4, 0.5) is 0 Å². The fourth-order valence-electron chi connectivity index (χ4n) is 2.42. The maximum Gasteiger partial charge on any atom is 0.129 e. The minimum Gasteiger partial charge on any atom is -0.497 e. The van der Waals surface area contributed by atoms with Crippen molar-refractivity contribution in [3.05, 3.63) is 59.7 Å². The zero-order valence-electron chi connectivity index (χ0n) is 10.7. The Hall–Kier alpha value is -2.00. The van der Waals surface area contributed by atoms with E-state index in [4.69, 9.17) is 9.47 Å². The summed E-state index contributed by atoms with van der Waals surface area (Å²) < 4.78 is 11.2. The Kier molecular flexibility index (Phi) is 3.13. The maximum atomic E-state index is 10.2. The van der Waals surface area contributed by atoms with Gasteiger partial charge in [-0.3, -0.25) is 0 Å². The highest BCUT2D eigenvalue weighted by Gasteiger charge is 2.28. The van der Waals surface area contributed by atoms with Gasteiger partial charge in [0.05, 0.1) is 13.2 Å². The third-order valence-electron chi connectivity index (χ3n) is 3.46. The Morgan fingerprint density at radius 2 is 1.95 bits per heavy atom. The zero-order chi connectivity index (χ0) is 13.2. The van der Waals surface area contributed by atoms with Crippen molar-refractivity contribution in [2.24, 2.45) is 0 Å². The number of hydrogen-bond donors (Lipinski definition) is 1. The molecule has 0 bridgehead atoms. The van der Waals surface area contributed by atoms with E-state index in [0.29, 0.717) is 12.2 Å². The van der Waals surface area contributed by atoms with Crippen molar-refractivity contribution in [2.45, 2.75) is 18.6 Å². The number of aliphatic hydroxyl groups excluding tert-OH is 1. The van der Waals surface area contributed by atoms with Crippen LogP contribution in [0.5, 0.6) is 11.5 Å². The van der Waals surface area contributed by atoms with Crippen LogP contribution in [0, 0.1) is 0 Å². The molecule has 2 atom stereocenters. The first-order valence-corrected chi connectivity index (χ1v) is 6.35. The van der Waals surface area contributed by atoms with Crippen LogP contribution in [0.25, 0.3) is 0 Å². The van der Waals surface area contributed by atoms with Gasteiger partial charge in [-0.25, -0.2) is 0 Å². The van der Waals surface area contributed by atoms with E-state index in [1.54, 1.807) is 7.11 Å². The summed E-state index contributed by atoms with van der Waals surface area (Å²) in [6.45, 7) is 0. The van der Waals surface area contributed by atoms with E-state index >= 15 is 0 Å². The molecular weight excluding hydrogens is 240 g/mol. The smallest absolute Gasteiger partial charge is 0.129 e. The van der Waals surface area contributed by atoms with Gasteiger partial charge in [0.25, 0.3) is 0 Å². The first kappa shape index (κ1) is 12.1. The number of rotatable bonds is 2. The van der Waals surface area contributed by atoms with E-state index in [9.17, 15) is 5.11 Å². The van der Waals surface area contributed by atoms with Gasteiger partial charge in [0.2, 0.25) is 0 Å². The number of ether oxygens (including phenoxy) is 2. The minimum absolute atomic E-state index is 0.115. The van der Waals surface area contributed by atoms with Crippen molar-refractivity contribution in [3.63, 3.8) is 0 Å². The molecule has 0 radical (unpaired) electrons. The molecule has 2 aromatic rings. The molecule has 19 heavy (non-hydrogen) atoms. The van der Waals surface area contributed by atoms with Crippen molar-refractivity contribution in [1.29, 1.82) is 0 Å². The number of aliphatic hydroxyl groups is 1. The number of hydrogen-bond acceptors (Lipinski definition) is 3. The third-order valence-corrected chi connectivity index (χ3v) is 3.46. The maximum absolute atomic E-state index is 10.2. The predicted molar refractivity (Wildman–Crippen MR) is 72.4 cm³/mol. The standard InChI is InChI=1S/C16H16O3/c1-18-12-7-8-13-14(17)10-15(19-16(13)9-12)11-5-3-2-4-6-11/h2-9,14-15,17H,10H2,1H3/t14-,15+/m1/s1. The van der Waals surface area contributed by atoms with Crippen molar-refractivity contribution < 1.29 is 14.6 Å². The lowest BCUT2D eigenvalue weighted by atomic mass is 9.95. The number of fused-ring (bicyclic) bond motifs is 1. The lowest BCUT2D eigenvalue weighted by molar-refractivity contribution is 0.0655. The Labute approximate surface area is 112 Å². The fraction of sp³-hybridized carbons (Fsp3) is 0.250. The van der Waals surface area contributed by atoms with Crippen LogP contribution in [-0.2, 0) is 0 Å². The zero-order valence-corrected chi connectivity index (χ0v) is 10.7. The van der Waals surface area contributed by atoms with E-state index in [2.05, 4.69) is 0 Å². The van der Waals surface area contributed by atoms with Gasteiger partial charge < -0.3 is 14.6 Å². The molecule has 1 aliphatic heterocycles. The van der Waals surface area contributed by atoms with Crippen molar-refractivity contribution in [3.8, 4) is 11.5 Å². The molecule has 3 nitrogen and oxygen atoms in total. The molecule has 98 valence electrons. The van der Waals surface area contributed by atoms with Gasteiger partial charge in [0.15, 0.2) is 0 Å². The molecule has 1 N–H and O–H groups in total. The topological polar surface area (TPSA) is 38.7 Å². The molecule has 3 rings (SSSR count). The quantitative estimate of drug-likeness (QED) is 0.896. The van der Waals surface area contributed by atoms with Crippen LogP contribution >= 0.6 is 0 Å². The Morgan fingerprint density at radius 3 is 2.68 bits per heavy atom. The van der Waals surface area contributed by atoms with Gasteiger partial charge in [-0.15, -0.1) is 0 Å². The molecule has 0 amide bonds. The van der Waals surface area contributed by atoms with Gasteiger partial charge in [0.1, 0.15) is 17.6 Å². The van der Waals surface area contributed by atoms with E-state index in [-0.39, 0.29) is 6.10 Å². The normalized spacial score (nSPS) is 21.4. The second kappa shape index (κ2) is 4.94. The minimum atomic E-state index is -0.500. The largest absolute Gasteiger partial charge is 0.497 e. The molecular formula is C16H16O3. The van der Waals surface area contributed by atoms with Crippen LogP contribution in [0.3, 0.4) is 0 Å². The van der Waals surface area contributed by atoms with Crippen LogP contribution in [0.15, 0.2) is 48.5 Å². The summed E-state index contributed by atoms with van der Waals surface area (Å²) in [4.78, 5) is 0. The highest BCUT2D eigenvalue weighted by molar-refractivity contribution is 5.44. The Balaban J connectivity index is 1.94. The first-order valence-electron chi connectivity index (χ1n) is 6.35. The second-order valence-corrected chi connectivity index (χ2v) is 4.67. The summed E-state index contributed by atoms with van der Waals surface area (Å²) in [5.41, 5.74) is 1.91. The molecule has 0 saturated heterocycles. The Bertz CT molecular complexity index is 565. The predicted octanol–water partition coefficient (Wildman–Crippen LogP) is 3.25. The highest BCUT2D eigenvalue weighted by atomic mass is 16.5. The second-order valence-electron chi connectivity index (χ2n) is 4.67. The van der Waals surface area contributed by atoms with Crippen molar-refractivity contribution in [1.82, 2.24) is 0 Å². The third kappa shape index (κ3) is 2.29.